The molecule has 1 aromatic rings. The number of nitrogens with zero attached hydrogens (tertiary/aromatic N) is 1. The van der Waals surface area contributed by atoms with Gasteiger partial charge in [0.1, 0.15) is 5.82 Å². The van der Waals surface area contributed by atoms with E-state index in [0.717, 1.165) is 38.0 Å². The summed E-state index contributed by atoms with van der Waals surface area (Å²) in [5.41, 5.74) is 5.81. The first-order valence-corrected chi connectivity index (χ1v) is 6.94. The molecule has 0 spiro atoms. The zero-order valence-electron chi connectivity index (χ0n) is 11.1. The van der Waals surface area contributed by atoms with Crippen LogP contribution in [0.1, 0.15) is 25.7 Å². The van der Waals surface area contributed by atoms with Gasteiger partial charge in [-0.3, -0.25) is 4.79 Å². The van der Waals surface area contributed by atoms with E-state index in [4.69, 9.17) is 5.73 Å². The van der Waals surface area contributed by atoms with E-state index in [9.17, 15) is 4.79 Å². The molecule has 1 saturated carbocycles. The van der Waals surface area contributed by atoms with E-state index in [1.54, 1.807) is 6.20 Å². The third-order valence-electron chi connectivity index (χ3n) is 3.47. The van der Waals surface area contributed by atoms with Crippen LogP contribution in [0.2, 0.25) is 0 Å². The molecule has 104 valence electrons. The van der Waals surface area contributed by atoms with Gasteiger partial charge in [0.25, 0.3) is 0 Å². The van der Waals surface area contributed by atoms with Crippen LogP contribution >= 0.6 is 0 Å². The molecule has 2 rings (SSSR count). The fourth-order valence-corrected chi connectivity index (χ4v) is 2.38. The maximum Gasteiger partial charge on any atom is 0.223 e. The molecular weight excluding hydrogens is 240 g/mol. The van der Waals surface area contributed by atoms with Crippen LogP contribution in [0.3, 0.4) is 0 Å². The lowest BCUT2D eigenvalue weighted by Crippen LogP contribution is -2.31. The van der Waals surface area contributed by atoms with Crippen LogP contribution < -0.4 is 16.4 Å². The zero-order chi connectivity index (χ0) is 13.5. The quantitative estimate of drug-likeness (QED) is 0.671. The van der Waals surface area contributed by atoms with Crippen molar-refractivity contribution in [3.8, 4) is 0 Å². The van der Waals surface area contributed by atoms with Gasteiger partial charge in [-0.1, -0.05) is 6.07 Å². The Kier molecular flexibility index (Phi) is 5.15. The highest BCUT2D eigenvalue weighted by molar-refractivity contribution is 5.78. The molecule has 1 heterocycles. The standard InChI is InChI=1S/C14H22N4O/c15-12-6-5-11(10-12)14(19)18-9-3-8-17-13-4-1-2-7-16-13/h1-2,4,7,11-12H,3,5-6,8-10,15H2,(H,16,17)(H,18,19). The third-order valence-corrected chi connectivity index (χ3v) is 3.47. The first kappa shape index (κ1) is 13.8. The Morgan fingerprint density at radius 1 is 1.37 bits per heavy atom. The molecule has 1 fully saturated rings. The third kappa shape index (κ3) is 4.52. The summed E-state index contributed by atoms with van der Waals surface area (Å²) >= 11 is 0. The number of nitrogens with one attached hydrogen (secondary N) is 2. The van der Waals surface area contributed by atoms with Gasteiger partial charge in [0, 0.05) is 31.2 Å². The lowest BCUT2D eigenvalue weighted by atomic mass is 10.1. The Hall–Kier alpha value is -1.62. The van der Waals surface area contributed by atoms with Crippen LogP contribution in [0.15, 0.2) is 24.4 Å². The van der Waals surface area contributed by atoms with Gasteiger partial charge in [-0.2, -0.15) is 0 Å². The molecule has 1 aliphatic rings. The average Bonchev–Trinajstić information content (AvgIpc) is 2.86. The number of hydrogen-bond donors (Lipinski definition) is 3. The Morgan fingerprint density at radius 3 is 2.95 bits per heavy atom. The Bertz CT molecular complexity index is 396. The molecule has 19 heavy (non-hydrogen) atoms. The molecule has 2 atom stereocenters. The molecule has 0 saturated heterocycles. The number of hydrogen-bond acceptors (Lipinski definition) is 4. The van der Waals surface area contributed by atoms with Crippen LogP contribution in [-0.2, 0) is 4.79 Å². The minimum Gasteiger partial charge on any atom is -0.370 e. The second kappa shape index (κ2) is 7.09. The van der Waals surface area contributed by atoms with Gasteiger partial charge in [0.15, 0.2) is 0 Å². The Balaban J connectivity index is 1.56. The fourth-order valence-electron chi connectivity index (χ4n) is 2.38. The number of pyridine rings is 1. The maximum absolute atomic E-state index is 11.8. The molecule has 1 aromatic heterocycles. The monoisotopic (exact) mass is 262 g/mol. The molecular formula is C14H22N4O. The summed E-state index contributed by atoms with van der Waals surface area (Å²) in [5, 5.41) is 6.19. The predicted octanol–water partition coefficient (Wildman–Crippen LogP) is 1.13. The largest absolute Gasteiger partial charge is 0.370 e. The summed E-state index contributed by atoms with van der Waals surface area (Å²) < 4.78 is 0. The number of carbonyl (C=O) groups is 1. The van der Waals surface area contributed by atoms with Crippen molar-refractivity contribution in [2.24, 2.45) is 11.7 Å². The van der Waals surface area contributed by atoms with Gasteiger partial charge in [-0.05, 0) is 37.8 Å². The van der Waals surface area contributed by atoms with Gasteiger partial charge in [-0.25, -0.2) is 4.98 Å². The minimum atomic E-state index is 0.124. The highest BCUT2D eigenvalue weighted by Crippen LogP contribution is 2.23. The molecule has 5 nitrogen and oxygen atoms in total. The number of amides is 1. The van der Waals surface area contributed by atoms with Crippen molar-refractivity contribution in [1.82, 2.24) is 10.3 Å². The van der Waals surface area contributed by atoms with Gasteiger partial charge in [0.05, 0.1) is 0 Å². The summed E-state index contributed by atoms with van der Waals surface area (Å²) in [6.45, 7) is 1.51. The molecule has 1 amide bonds. The fraction of sp³-hybridized carbons (Fsp3) is 0.571. The van der Waals surface area contributed by atoms with E-state index in [2.05, 4.69) is 15.6 Å². The normalized spacial score (nSPS) is 22.2. The molecule has 1 aliphatic carbocycles. The van der Waals surface area contributed by atoms with Gasteiger partial charge in [-0.15, -0.1) is 0 Å². The van der Waals surface area contributed by atoms with Crippen molar-refractivity contribution in [2.75, 3.05) is 18.4 Å². The van der Waals surface area contributed by atoms with Crippen molar-refractivity contribution in [1.29, 1.82) is 0 Å². The van der Waals surface area contributed by atoms with Gasteiger partial charge >= 0.3 is 0 Å². The van der Waals surface area contributed by atoms with E-state index in [-0.39, 0.29) is 17.9 Å². The van der Waals surface area contributed by atoms with E-state index in [1.807, 2.05) is 18.2 Å². The molecule has 4 N–H and O–H groups in total. The average molecular weight is 262 g/mol. The Morgan fingerprint density at radius 2 is 2.26 bits per heavy atom. The first-order chi connectivity index (χ1) is 9.25. The summed E-state index contributed by atoms with van der Waals surface area (Å²) in [6, 6.07) is 5.97. The second-order valence-corrected chi connectivity index (χ2v) is 5.06. The van der Waals surface area contributed by atoms with E-state index in [0.29, 0.717) is 6.54 Å². The van der Waals surface area contributed by atoms with E-state index < -0.39 is 0 Å². The van der Waals surface area contributed by atoms with Crippen LogP contribution in [0.25, 0.3) is 0 Å². The molecule has 2 unspecified atom stereocenters. The minimum absolute atomic E-state index is 0.124. The SMILES string of the molecule is NC1CCC(C(=O)NCCCNc2ccccn2)C1. The lowest BCUT2D eigenvalue weighted by Gasteiger charge is -2.11. The van der Waals surface area contributed by atoms with Crippen LogP contribution in [0.4, 0.5) is 5.82 Å². The van der Waals surface area contributed by atoms with Crippen molar-refractivity contribution < 1.29 is 4.79 Å². The summed E-state index contributed by atoms with van der Waals surface area (Å²) in [5.74, 6) is 1.15. The summed E-state index contributed by atoms with van der Waals surface area (Å²) in [4.78, 5) is 16.0. The molecule has 0 bridgehead atoms. The Labute approximate surface area is 114 Å². The van der Waals surface area contributed by atoms with Crippen molar-refractivity contribution in [3.63, 3.8) is 0 Å². The van der Waals surface area contributed by atoms with Crippen molar-refractivity contribution in [2.45, 2.75) is 31.7 Å². The highest BCUT2D eigenvalue weighted by Gasteiger charge is 2.27. The van der Waals surface area contributed by atoms with Gasteiger partial charge < -0.3 is 16.4 Å². The van der Waals surface area contributed by atoms with Crippen LogP contribution in [-0.4, -0.2) is 30.0 Å². The topological polar surface area (TPSA) is 80.0 Å². The smallest absolute Gasteiger partial charge is 0.223 e. The van der Waals surface area contributed by atoms with Gasteiger partial charge in [0.2, 0.25) is 5.91 Å². The molecule has 0 aliphatic heterocycles. The van der Waals surface area contributed by atoms with Crippen molar-refractivity contribution in [3.05, 3.63) is 24.4 Å². The molecule has 5 heteroatoms. The van der Waals surface area contributed by atoms with E-state index in [1.165, 1.54) is 0 Å². The highest BCUT2D eigenvalue weighted by atomic mass is 16.1. The predicted molar refractivity (Wildman–Crippen MR) is 75.7 cm³/mol. The van der Waals surface area contributed by atoms with Crippen LogP contribution in [0, 0.1) is 5.92 Å². The zero-order valence-corrected chi connectivity index (χ0v) is 11.1. The molecule has 0 aromatic carbocycles. The number of carbonyl (C=O) groups excluding carboxylic acids is 1. The maximum atomic E-state index is 11.8. The summed E-state index contributed by atoms with van der Waals surface area (Å²) in [6.07, 6.45) is 5.38. The first-order valence-electron chi connectivity index (χ1n) is 6.94. The van der Waals surface area contributed by atoms with E-state index >= 15 is 0 Å². The van der Waals surface area contributed by atoms with Crippen LogP contribution in [0.5, 0.6) is 0 Å². The summed E-state index contributed by atoms with van der Waals surface area (Å²) in [7, 11) is 0. The number of rotatable bonds is 6. The lowest BCUT2D eigenvalue weighted by molar-refractivity contribution is -0.124. The number of aromatic nitrogens is 1. The van der Waals surface area contributed by atoms with Crippen molar-refractivity contribution >= 4 is 11.7 Å². The molecule has 0 radical (unpaired) electrons. The second-order valence-electron chi connectivity index (χ2n) is 5.06. The number of anilines is 1. The number of nitrogens with two attached hydrogens (primary N) is 1.